The van der Waals surface area contributed by atoms with Crippen molar-refractivity contribution in [3.63, 3.8) is 0 Å². The fourth-order valence-corrected chi connectivity index (χ4v) is 5.71. The molecule has 0 amide bonds. The van der Waals surface area contributed by atoms with Gasteiger partial charge in [-0.15, -0.1) is 0 Å². The summed E-state index contributed by atoms with van der Waals surface area (Å²) in [5.41, 5.74) is 6.00. The number of nitriles is 1. The fraction of sp³-hybridized carbons (Fsp3) is 0.273. The van der Waals surface area contributed by atoms with Crippen molar-refractivity contribution < 1.29 is 23.8 Å². The minimum absolute atomic E-state index is 0.125. The van der Waals surface area contributed by atoms with Gasteiger partial charge < -0.3 is 23.6 Å². The Balaban J connectivity index is 1.05. The summed E-state index contributed by atoms with van der Waals surface area (Å²) in [5, 5.41) is 19.6. The minimum Gasteiger partial charge on any atom is -0.478 e. The summed E-state index contributed by atoms with van der Waals surface area (Å²) in [6.45, 7) is 3.93. The third-order valence-electron chi connectivity index (χ3n) is 8.16. The molecule has 10 nitrogen and oxygen atoms in total. The predicted molar refractivity (Wildman–Crippen MR) is 158 cm³/mol. The number of pyridine rings is 1. The molecule has 5 heterocycles. The maximum atomic E-state index is 11.6. The van der Waals surface area contributed by atoms with Crippen LogP contribution >= 0.6 is 0 Å². The molecule has 0 saturated carbocycles. The van der Waals surface area contributed by atoms with E-state index in [1.165, 1.54) is 0 Å². The van der Waals surface area contributed by atoms with Crippen molar-refractivity contribution in [2.75, 3.05) is 19.7 Å². The average Bonchev–Trinajstić information content (AvgIpc) is 3.63. The highest BCUT2D eigenvalue weighted by Crippen LogP contribution is 2.28. The number of imidazole rings is 1. The molecule has 1 saturated heterocycles. The Morgan fingerprint density at radius 2 is 2.07 bits per heavy atom. The topological polar surface area (TPSA) is 127 Å². The van der Waals surface area contributed by atoms with Gasteiger partial charge in [-0.2, -0.15) is 5.26 Å². The summed E-state index contributed by atoms with van der Waals surface area (Å²) >= 11 is 0. The minimum atomic E-state index is -0.947. The van der Waals surface area contributed by atoms with E-state index >= 15 is 0 Å². The third kappa shape index (κ3) is 5.36. The summed E-state index contributed by atoms with van der Waals surface area (Å²) in [6.07, 6.45) is 5.73. The van der Waals surface area contributed by atoms with Gasteiger partial charge in [-0.05, 0) is 54.8 Å². The normalized spacial score (nSPS) is 17.0. The first-order chi connectivity index (χ1) is 21.1. The lowest BCUT2D eigenvalue weighted by Gasteiger charge is -2.29. The van der Waals surface area contributed by atoms with Crippen molar-refractivity contribution >= 4 is 33.5 Å². The Labute approximate surface area is 247 Å². The highest BCUT2D eigenvalue weighted by Gasteiger charge is 2.24. The molecule has 5 aromatic rings. The van der Waals surface area contributed by atoms with Gasteiger partial charge in [-0.3, -0.25) is 4.90 Å². The molecule has 2 aliphatic rings. The largest absolute Gasteiger partial charge is 0.478 e. The summed E-state index contributed by atoms with van der Waals surface area (Å²) in [6, 6.07) is 18.5. The first-order valence-corrected chi connectivity index (χ1v) is 14.3. The van der Waals surface area contributed by atoms with Crippen LogP contribution in [-0.2, 0) is 24.4 Å². The molecule has 1 N–H and O–H groups in total. The molecule has 0 aliphatic carbocycles. The van der Waals surface area contributed by atoms with Gasteiger partial charge in [0, 0.05) is 36.7 Å². The van der Waals surface area contributed by atoms with Crippen molar-refractivity contribution in [2.24, 2.45) is 0 Å². The molecule has 3 aromatic heterocycles. The van der Waals surface area contributed by atoms with E-state index in [4.69, 9.17) is 23.9 Å². The van der Waals surface area contributed by atoms with Crippen LogP contribution < -0.4 is 4.74 Å². The number of aromatic carboxylic acids is 1. The standard InChI is InChI=1S/C33H29N5O5/c34-17-23-4-5-24(32-26(23)11-15-42-32)20-43-31-3-1-2-27(36-31)21-8-12-37(13-9-21)19-30-35-28-7-6-22(33(39)40)16-29(28)38(30)18-25-10-14-41-25/h1-8,11,15-16,25H,9-10,12-14,18-20H2,(H,39,40)/t25-/m0/s1. The van der Waals surface area contributed by atoms with E-state index in [-0.39, 0.29) is 18.3 Å². The lowest BCUT2D eigenvalue weighted by molar-refractivity contribution is -0.0591. The molecule has 43 heavy (non-hydrogen) atoms. The lowest BCUT2D eigenvalue weighted by atomic mass is 10.0. The molecule has 0 spiro atoms. The molecule has 1 atom stereocenters. The molecule has 7 rings (SSSR count). The van der Waals surface area contributed by atoms with Gasteiger partial charge in [0.1, 0.15) is 18.0 Å². The number of carboxylic acids is 1. The van der Waals surface area contributed by atoms with Crippen molar-refractivity contribution in [1.29, 1.82) is 5.26 Å². The quantitative estimate of drug-likeness (QED) is 0.246. The molecular weight excluding hydrogens is 546 g/mol. The third-order valence-corrected chi connectivity index (χ3v) is 8.16. The number of furan rings is 1. The summed E-state index contributed by atoms with van der Waals surface area (Å²) < 4.78 is 19.5. The number of aromatic nitrogens is 3. The van der Waals surface area contributed by atoms with Crippen molar-refractivity contribution in [1.82, 2.24) is 19.4 Å². The second-order valence-corrected chi connectivity index (χ2v) is 10.8. The predicted octanol–water partition coefficient (Wildman–Crippen LogP) is 5.40. The Hall–Kier alpha value is -4.98. The molecule has 2 aliphatic heterocycles. The molecular formula is C33H29N5O5. The van der Waals surface area contributed by atoms with E-state index in [0.717, 1.165) is 71.6 Å². The molecule has 0 bridgehead atoms. The van der Waals surface area contributed by atoms with E-state index < -0.39 is 5.97 Å². The van der Waals surface area contributed by atoms with Gasteiger partial charge >= 0.3 is 5.97 Å². The van der Waals surface area contributed by atoms with Crippen molar-refractivity contribution in [3.8, 4) is 11.9 Å². The van der Waals surface area contributed by atoms with Gasteiger partial charge in [0.05, 0.1) is 59.4 Å². The number of carbonyl (C=O) groups is 1. The number of carboxylic acid groups (broad SMARTS) is 1. The Morgan fingerprint density at radius 1 is 1.16 bits per heavy atom. The SMILES string of the molecule is N#Cc1ccc(COc2cccc(C3=CCN(Cc4nc5ccc(C(=O)O)cc5n4C[C@@H]4CCO4)CC3)n2)c2occc12. The summed E-state index contributed by atoms with van der Waals surface area (Å²) in [5.74, 6) is 0.487. The molecule has 0 unspecified atom stereocenters. The Kier molecular flexibility index (Phi) is 7.10. The zero-order chi connectivity index (χ0) is 29.3. The first kappa shape index (κ1) is 26.9. The number of benzene rings is 2. The van der Waals surface area contributed by atoms with Gasteiger partial charge in [-0.1, -0.05) is 18.2 Å². The Bertz CT molecular complexity index is 1910. The van der Waals surface area contributed by atoms with E-state index in [2.05, 4.69) is 21.6 Å². The first-order valence-electron chi connectivity index (χ1n) is 14.3. The number of rotatable bonds is 9. The zero-order valence-electron chi connectivity index (χ0n) is 23.4. The zero-order valence-corrected chi connectivity index (χ0v) is 23.4. The van der Waals surface area contributed by atoms with Crippen LogP contribution in [0.1, 0.15) is 45.8 Å². The summed E-state index contributed by atoms with van der Waals surface area (Å²) in [7, 11) is 0. The monoisotopic (exact) mass is 575 g/mol. The molecule has 2 aromatic carbocycles. The fourth-order valence-electron chi connectivity index (χ4n) is 5.71. The second-order valence-electron chi connectivity index (χ2n) is 10.8. The highest BCUT2D eigenvalue weighted by atomic mass is 16.5. The van der Waals surface area contributed by atoms with Crippen LogP contribution in [0.2, 0.25) is 0 Å². The molecule has 10 heteroatoms. The molecule has 1 fully saturated rings. The van der Waals surface area contributed by atoms with E-state index in [9.17, 15) is 15.2 Å². The van der Waals surface area contributed by atoms with Crippen LogP contribution in [0, 0.1) is 11.3 Å². The van der Waals surface area contributed by atoms with E-state index in [0.29, 0.717) is 30.1 Å². The number of hydrogen-bond acceptors (Lipinski definition) is 8. The van der Waals surface area contributed by atoms with Crippen molar-refractivity contribution in [2.45, 2.75) is 38.6 Å². The van der Waals surface area contributed by atoms with E-state index in [1.807, 2.05) is 24.3 Å². The van der Waals surface area contributed by atoms with Gasteiger partial charge in [0.15, 0.2) is 0 Å². The lowest BCUT2D eigenvalue weighted by Crippen LogP contribution is -2.33. The van der Waals surface area contributed by atoms with Gasteiger partial charge in [0.25, 0.3) is 0 Å². The second kappa shape index (κ2) is 11.4. The van der Waals surface area contributed by atoms with Crippen LogP contribution in [0.15, 0.2) is 71.4 Å². The van der Waals surface area contributed by atoms with Gasteiger partial charge in [-0.25, -0.2) is 14.8 Å². The van der Waals surface area contributed by atoms with Crippen LogP contribution in [-0.4, -0.2) is 56.3 Å². The maximum absolute atomic E-state index is 11.6. The number of hydrogen-bond donors (Lipinski definition) is 1. The number of fused-ring (bicyclic) bond motifs is 2. The van der Waals surface area contributed by atoms with Gasteiger partial charge in [0.2, 0.25) is 5.88 Å². The highest BCUT2D eigenvalue weighted by molar-refractivity contribution is 5.92. The van der Waals surface area contributed by atoms with Crippen LogP contribution in [0.4, 0.5) is 0 Å². The maximum Gasteiger partial charge on any atom is 0.335 e. The molecule has 0 radical (unpaired) electrons. The van der Waals surface area contributed by atoms with Crippen LogP contribution in [0.5, 0.6) is 5.88 Å². The summed E-state index contributed by atoms with van der Waals surface area (Å²) in [4.78, 5) is 23.6. The molecule has 216 valence electrons. The van der Waals surface area contributed by atoms with Crippen molar-refractivity contribution in [3.05, 3.63) is 95.1 Å². The van der Waals surface area contributed by atoms with Crippen LogP contribution in [0.25, 0.3) is 27.6 Å². The smallest absolute Gasteiger partial charge is 0.335 e. The number of ether oxygens (including phenoxy) is 2. The van der Waals surface area contributed by atoms with Crippen LogP contribution in [0.3, 0.4) is 0 Å². The number of nitrogens with zero attached hydrogens (tertiary/aromatic N) is 5. The van der Waals surface area contributed by atoms with E-state index in [1.54, 1.807) is 36.6 Å². The Morgan fingerprint density at radius 3 is 2.84 bits per heavy atom. The average molecular weight is 576 g/mol.